The van der Waals surface area contributed by atoms with Crippen LogP contribution in [0.3, 0.4) is 0 Å². The Morgan fingerprint density at radius 3 is 1.16 bits per heavy atom. The lowest BCUT2D eigenvalue weighted by Crippen LogP contribution is -2.59. The molecule has 0 aromatic heterocycles. The molecule has 9 heteroatoms. The van der Waals surface area contributed by atoms with Gasteiger partial charge in [0.25, 0.3) is 0 Å². The lowest BCUT2D eigenvalue weighted by molar-refractivity contribution is -0.159. The minimum absolute atomic E-state index is 0.0982. The highest BCUT2D eigenvalue weighted by Gasteiger charge is 2.43. The van der Waals surface area contributed by atoms with Crippen molar-refractivity contribution in [1.82, 2.24) is 16.0 Å². The molecular formula is C42H67N3O6. The molecule has 0 bridgehead atoms. The second-order valence-corrected chi connectivity index (χ2v) is 20.3. The zero-order valence-electron chi connectivity index (χ0n) is 33.6. The quantitative estimate of drug-likeness (QED) is 0.193. The molecule has 9 nitrogen and oxygen atoms in total. The van der Waals surface area contributed by atoms with Gasteiger partial charge < -0.3 is 30.2 Å². The van der Waals surface area contributed by atoms with E-state index >= 15 is 0 Å². The molecule has 1 aromatic carbocycles. The number of hydrogen-bond acceptors (Lipinski definition) is 9. The van der Waals surface area contributed by atoms with Crippen LogP contribution in [0.1, 0.15) is 179 Å². The van der Waals surface area contributed by atoms with Crippen LogP contribution in [0.25, 0.3) is 0 Å². The third-order valence-corrected chi connectivity index (χ3v) is 11.3. The summed E-state index contributed by atoms with van der Waals surface area (Å²) in [6, 6.07) is 5.36. The van der Waals surface area contributed by atoms with E-state index in [0.717, 1.165) is 12.8 Å². The number of benzene rings is 1. The Morgan fingerprint density at radius 1 is 0.510 bits per heavy atom. The highest BCUT2D eigenvalue weighted by atomic mass is 16.6. The summed E-state index contributed by atoms with van der Waals surface area (Å²) in [6.45, 7) is 25.7. The lowest BCUT2D eigenvalue weighted by Gasteiger charge is -2.46. The molecule has 286 valence electrons. The van der Waals surface area contributed by atoms with E-state index < -0.39 is 11.9 Å². The Balaban J connectivity index is 1.37. The maximum Gasteiger partial charge on any atom is 0.338 e. The zero-order chi connectivity index (χ0) is 37.8. The number of nitrogens with one attached hydrogen (secondary N) is 3. The van der Waals surface area contributed by atoms with E-state index in [1.165, 1.54) is 0 Å². The van der Waals surface area contributed by atoms with Gasteiger partial charge in [0.2, 0.25) is 0 Å². The normalized spacial score (nSPS) is 28.7. The molecular weight excluding hydrogens is 642 g/mol. The summed E-state index contributed by atoms with van der Waals surface area (Å²) >= 11 is 0. The van der Waals surface area contributed by atoms with Crippen LogP contribution < -0.4 is 16.0 Å². The third kappa shape index (κ3) is 10.3. The number of carbonyl (C=O) groups excluding carboxylic acids is 3. The molecule has 1 saturated carbocycles. The van der Waals surface area contributed by atoms with Gasteiger partial charge in [-0.05, 0) is 132 Å². The van der Waals surface area contributed by atoms with Crippen molar-refractivity contribution >= 4 is 17.9 Å². The lowest BCUT2D eigenvalue weighted by atomic mass is 9.75. The van der Waals surface area contributed by atoms with E-state index in [0.29, 0.717) is 68.1 Å². The summed E-state index contributed by atoms with van der Waals surface area (Å²) < 4.78 is 18.7. The van der Waals surface area contributed by atoms with Crippen molar-refractivity contribution in [3.05, 3.63) is 34.9 Å². The van der Waals surface area contributed by atoms with Crippen LogP contribution in [0, 0.1) is 5.92 Å². The predicted molar refractivity (Wildman–Crippen MR) is 201 cm³/mol. The fraction of sp³-hybridized carbons (Fsp3) is 0.786. The maximum atomic E-state index is 14.2. The van der Waals surface area contributed by atoms with E-state index in [9.17, 15) is 14.4 Å². The van der Waals surface area contributed by atoms with Crippen LogP contribution in [-0.4, -0.2) is 69.5 Å². The van der Waals surface area contributed by atoms with Gasteiger partial charge in [-0.25, -0.2) is 9.59 Å². The van der Waals surface area contributed by atoms with Crippen LogP contribution in [0.4, 0.5) is 0 Å². The van der Waals surface area contributed by atoms with Crippen molar-refractivity contribution < 1.29 is 28.6 Å². The minimum Gasteiger partial charge on any atom is -0.462 e. The molecule has 3 aliphatic heterocycles. The predicted octanol–water partition coefficient (Wildman–Crippen LogP) is 7.74. The third-order valence-electron chi connectivity index (χ3n) is 11.3. The van der Waals surface area contributed by atoms with E-state index in [1.54, 1.807) is 18.2 Å². The summed E-state index contributed by atoms with van der Waals surface area (Å²) in [7, 11) is 0. The summed E-state index contributed by atoms with van der Waals surface area (Å²) in [5, 5.41) is 11.0. The molecule has 51 heavy (non-hydrogen) atoms. The number of esters is 3. The first-order chi connectivity index (χ1) is 23.3. The number of ether oxygens (including phenoxy) is 3. The first-order valence-electron chi connectivity index (χ1n) is 19.5. The fourth-order valence-corrected chi connectivity index (χ4v) is 10.6. The van der Waals surface area contributed by atoms with Gasteiger partial charge in [-0.2, -0.15) is 0 Å². The molecule has 0 amide bonds. The van der Waals surface area contributed by atoms with Crippen molar-refractivity contribution in [2.45, 2.75) is 205 Å². The summed E-state index contributed by atoms with van der Waals surface area (Å²) in [5.74, 6) is -1.25. The standard InChI is InChI=1S/C42H67N3O6/c1-37(2)20-28(21-38(3,4)43-37)49-34(46)27-18-16-26(17-19-27)33-31(35(47)50-29-22-39(5,6)44-40(7,8)23-29)14-13-15-32(33)36(48)51-30-24-41(9,10)45-42(11,12)25-30/h13-15,26-30,43-45H,16-25H2,1-12H3. The fourth-order valence-electron chi connectivity index (χ4n) is 10.6. The molecule has 0 radical (unpaired) electrons. The molecule has 1 aromatic rings. The van der Waals surface area contributed by atoms with Gasteiger partial charge in [0.15, 0.2) is 0 Å². The molecule has 3 heterocycles. The van der Waals surface area contributed by atoms with E-state index in [-0.39, 0.29) is 69.4 Å². The average molecular weight is 710 g/mol. The van der Waals surface area contributed by atoms with Gasteiger partial charge in [-0.15, -0.1) is 0 Å². The molecule has 3 saturated heterocycles. The Kier molecular flexibility index (Phi) is 10.9. The molecule has 4 fully saturated rings. The van der Waals surface area contributed by atoms with Gasteiger partial charge in [-0.3, -0.25) is 4.79 Å². The molecule has 0 unspecified atom stereocenters. The van der Waals surface area contributed by atoms with Crippen molar-refractivity contribution in [3.63, 3.8) is 0 Å². The van der Waals surface area contributed by atoms with Crippen molar-refractivity contribution in [2.75, 3.05) is 0 Å². The van der Waals surface area contributed by atoms with Crippen LogP contribution in [0.15, 0.2) is 18.2 Å². The highest BCUT2D eigenvalue weighted by molar-refractivity contribution is 5.98. The van der Waals surface area contributed by atoms with Crippen LogP contribution >= 0.6 is 0 Å². The van der Waals surface area contributed by atoms with Crippen molar-refractivity contribution in [2.24, 2.45) is 5.92 Å². The van der Waals surface area contributed by atoms with Crippen LogP contribution in [-0.2, 0) is 19.0 Å². The minimum atomic E-state index is -0.403. The Hall–Kier alpha value is -2.49. The van der Waals surface area contributed by atoms with Gasteiger partial charge >= 0.3 is 17.9 Å². The first kappa shape index (κ1) is 39.7. The van der Waals surface area contributed by atoms with Crippen molar-refractivity contribution in [3.8, 4) is 0 Å². The number of piperidine rings is 3. The van der Waals surface area contributed by atoms with Gasteiger partial charge in [0, 0.05) is 71.8 Å². The maximum absolute atomic E-state index is 14.2. The van der Waals surface area contributed by atoms with E-state index in [2.05, 4.69) is 99.0 Å². The molecule has 1 aliphatic carbocycles. The smallest absolute Gasteiger partial charge is 0.338 e. The topological polar surface area (TPSA) is 115 Å². The Morgan fingerprint density at radius 2 is 0.824 bits per heavy atom. The highest BCUT2D eigenvalue weighted by Crippen LogP contribution is 2.42. The summed E-state index contributed by atoms with van der Waals surface area (Å²) in [6.07, 6.45) is 6.25. The number of hydrogen-bond donors (Lipinski definition) is 3. The number of carbonyl (C=O) groups is 3. The van der Waals surface area contributed by atoms with E-state index in [4.69, 9.17) is 14.2 Å². The molecule has 4 aliphatic rings. The zero-order valence-corrected chi connectivity index (χ0v) is 33.6. The largest absolute Gasteiger partial charge is 0.462 e. The molecule has 0 atom stereocenters. The summed E-state index contributed by atoms with van der Waals surface area (Å²) in [5.41, 5.74) is 0.550. The molecule has 3 N–H and O–H groups in total. The van der Waals surface area contributed by atoms with Crippen LogP contribution in [0.5, 0.6) is 0 Å². The molecule has 0 spiro atoms. The second kappa shape index (κ2) is 14.1. The molecule has 5 rings (SSSR count). The van der Waals surface area contributed by atoms with Crippen molar-refractivity contribution in [1.29, 1.82) is 0 Å². The summed E-state index contributed by atoms with van der Waals surface area (Å²) in [4.78, 5) is 41.8. The van der Waals surface area contributed by atoms with Gasteiger partial charge in [0.05, 0.1) is 17.0 Å². The SMILES string of the molecule is CC1(C)CC(OC(=O)c2cccc(C(=O)OC3CC(C)(C)NC(C)(C)C3)c2C2CCC(C(=O)OC3CC(C)(C)NC(C)(C)C3)CC2)CC(C)(C)N1. The van der Waals surface area contributed by atoms with Crippen LogP contribution in [0.2, 0.25) is 0 Å². The monoisotopic (exact) mass is 710 g/mol. The van der Waals surface area contributed by atoms with Gasteiger partial charge in [0.1, 0.15) is 18.3 Å². The average Bonchev–Trinajstić information content (AvgIpc) is 2.91. The second-order valence-electron chi connectivity index (χ2n) is 20.3. The first-order valence-corrected chi connectivity index (χ1v) is 19.5. The Labute approximate surface area is 307 Å². The van der Waals surface area contributed by atoms with Gasteiger partial charge in [-0.1, -0.05) is 6.07 Å². The Bertz CT molecular complexity index is 1350. The number of rotatable bonds is 7. The van der Waals surface area contributed by atoms with E-state index in [1.807, 2.05) is 0 Å².